The summed E-state index contributed by atoms with van der Waals surface area (Å²) in [5.74, 6) is -5.90. The summed E-state index contributed by atoms with van der Waals surface area (Å²) < 4.78 is 0. The number of hydrogen-bond donors (Lipinski definition) is 8. The third-order valence-corrected chi connectivity index (χ3v) is 8.28. The number of fused-ring (bicyclic) bond motifs is 1. The van der Waals surface area contributed by atoms with Crippen molar-refractivity contribution >= 4 is 53.3 Å². The van der Waals surface area contributed by atoms with Gasteiger partial charge in [0.2, 0.25) is 11.8 Å². The summed E-state index contributed by atoms with van der Waals surface area (Å²) in [6.07, 6.45) is 1.60. The van der Waals surface area contributed by atoms with Crippen molar-refractivity contribution in [3.05, 3.63) is 59.3 Å². The number of hydrogen-bond acceptors (Lipinski definition) is 13. The fourth-order valence-electron chi connectivity index (χ4n) is 5.64. The Labute approximate surface area is 321 Å². The summed E-state index contributed by atoms with van der Waals surface area (Å²) in [4.78, 5) is 105. The van der Waals surface area contributed by atoms with Gasteiger partial charge in [-0.25, -0.2) is 4.98 Å². The predicted octanol–water partition coefficient (Wildman–Crippen LogP) is -2.25. The lowest BCUT2D eigenvalue weighted by molar-refractivity contribution is -0.143. The Hall–Kier alpha value is -6.19. The molecule has 304 valence electrons. The molecule has 2 heterocycles. The van der Waals surface area contributed by atoms with Crippen LogP contribution in [0, 0.1) is 0 Å². The molecule has 56 heavy (non-hydrogen) atoms. The lowest BCUT2D eigenvalue weighted by Gasteiger charge is -2.27. The zero-order valence-electron chi connectivity index (χ0n) is 30.6. The minimum absolute atomic E-state index is 0.00531. The van der Waals surface area contributed by atoms with E-state index in [0.717, 1.165) is 10.5 Å². The highest BCUT2D eigenvalue weighted by molar-refractivity contribution is 6.02. The molecule has 1 aromatic heterocycles. The van der Waals surface area contributed by atoms with Crippen molar-refractivity contribution < 1.29 is 58.8 Å². The van der Waals surface area contributed by atoms with Crippen LogP contribution in [0.1, 0.15) is 32.7 Å². The van der Waals surface area contributed by atoms with Gasteiger partial charge in [-0.3, -0.25) is 53.1 Å². The van der Waals surface area contributed by atoms with Crippen LogP contribution < -0.4 is 21.3 Å². The van der Waals surface area contributed by atoms with Crippen LogP contribution in [0.2, 0.25) is 0 Å². The molecule has 21 nitrogen and oxygen atoms in total. The number of aromatic nitrogens is 1. The average Bonchev–Trinajstić information content (AvgIpc) is 3.44. The van der Waals surface area contributed by atoms with E-state index in [4.69, 9.17) is 10.2 Å². The smallest absolute Gasteiger partial charge is 0.317 e. The zero-order valence-corrected chi connectivity index (χ0v) is 30.6. The molecular weight excluding hydrogens is 738 g/mol. The van der Waals surface area contributed by atoms with Gasteiger partial charge in [0, 0.05) is 89.2 Å². The van der Waals surface area contributed by atoms with Gasteiger partial charge in [-0.1, -0.05) is 12.1 Å². The van der Waals surface area contributed by atoms with E-state index >= 15 is 0 Å². The average molecular weight is 786 g/mol. The maximum Gasteiger partial charge on any atom is 0.317 e. The number of amides is 4. The van der Waals surface area contributed by atoms with E-state index in [9.17, 15) is 48.6 Å². The van der Waals surface area contributed by atoms with E-state index in [1.165, 1.54) is 15.9 Å². The first-order valence-corrected chi connectivity index (χ1v) is 17.6. The van der Waals surface area contributed by atoms with Crippen LogP contribution in [0.3, 0.4) is 0 Å². The minimum atomic E-state index is -1.26. The zero-order chi connectivity index (χ0) is 41.0. The number of anilines is 1. The van der Waals surface area contributed by atoms with Gasteiger partial charge in [0.25, 0.3) is 11.8 Å². The molecule has 0 aliphatic carbocycles. The summed E-state index contributed by atoms with van der Waals surface area (Å²) >= 11 is 0. The highest BCUT2D eigenvalue weighted by Crippen LogP contribution is 2.23. The largest absolute Gasteiger partial charge is 0.480 e. The number of carbonyl (C=O) groups is 8. The number of pyridine rings is 1. The maximum atomic E-state index is 13.0. The van der Waals surface area contributed by atoms with Crippen LogP contribution in [0.25, 0.3) is 0 Å². The van der Waals surface area contributed by atoms with Gasteiger partial charge in [-0.2, -0.15) is 0 Å². The normalized spacial score (nSPS) is 12.1. The van der Waals surface area contributed by atoms with E-state index in [1.54, 1.807) is 29.3 Å². The lowest BCUT2D eigenvalue weighted by atomic mass is 10.1. The first-order valence-electron chi connectivity index (χ1n) is 17.6. The minimum Gasteiger partial charge on any atom is -0.480 e. The van der Waals surface area contributed by atoms with Crippen molar-refractivity contribution in [1.29, 1.82) is 0 Å². The fraction of sp³-hybridized carbons (Fsp3) is 0.457. The summed E-state index contributed by atoms with van der Waals surface area (Å²) in [5.41, 5.74) is 1.53. The Morgan fingerprint density at radius 3 is 1.82 bits per heavy atom. The van der Waals surface area contributed by atoms with Crippen LogP contribution in [0.15, 0.2) is 42.6 Å². The number of aliphatic carboxylic acids is 4. The first kappa shape index (κ1) is 44.2. The molecule has 0 bridgehead atoms. The predicted molar refractivity (Wildman–Crippen MR) is 197 cm³/mol. The van der Waals surface area contributed by atoms with Gasteiger partial charge in [-0.15, -0.1) is 0 Å². The van der Waals surface area contributed by atoms with E-state index in [1.807, 2.05) is 12.1 Å². The molecule has 3 rings (SSSR count). The second-order valence-electron chi connectivity index (χ2n) is 12.7. The maximum absolute atomic E-state index is 13.0. The summed E-state index contributed by atoms with van der Waals surface area (Å²) in [5, 5.41) is 47.6. The summed E-state index contributed by atoms with van der Waals surface area (Å²) in [7, 11) is 0. The molecule has 21 heteroatoms. The monoisotopic (exact) mass is 785 g/mol. The number of carbonyl (C=O) groups excluding carboxylic acids is 4. The molecule has 1 aliphatic heterocycles. The topological polar surface area (TPSA) is 291 Å². The second-order valence-corrected chi connectivity index (χ2v) is 12.7. The van der Waals surface area contributed by atoms with Gasteiger partial charge in [0.15, 0.2) is 0 Å². The van der Waals surface area contributed by atoms with Gasteiger partial charge in [0.05, 0.1) is 32.7 Å². The molecule has 4 amide bonds. The van der Waals surface area contributed by atoms with E-state index in [2.05, 4.69) is 26.3 Å². The molecule has 0 saturated carbocycles. The lowest BCUT2D eigenvalue weighted by Crippen LogP contribution is -2.47. The van der Waals surface area contributed by atoms with E-state index in [0.29, 0.717) is 31.0 Å². The number of benzene rings is 1. The fourth-order valence-corrected chi connectivity index (χ4v) is 5.64. The van der Waals surface area contributed by atoms with Crippen LogP contribution >= 0.6 is 0 Å². The number of nitrogens with one attached hydrogen (secondary N) is 4. The van der Waals surface area contributed by atoms with Gasteiger partial charge in [-0.05, 0) is 29.8 Å². The highest BCUT2D eigenvalue weighted by atomic mass is 16.4. The van der Waals surface area contributed by atoms with Gasteiger partial charge in [0.1, 0.15) is 5.82 Å². The molecule has 0 spiro atoms. The van der Waals surface area contributed by atoms with Crippen molar-refractivity contribution in [2.24, 2.45) is 0 Å². The molecule has 2 aromatic rings. The third kappa shape index (κ3) is 16.4. The molecule has 0 radical (unpaired) electrons. The Kier molecular flexibility index (Phi) is 18.1. The van der Waals surface area contributed by atoms with E-state index < -0.39 is 67.8 Å². The van der Waals surface area contributed by atoms with Crippen LogP contribution in [0.4, 0.5) is 5.82 Å². The van der Waals surface area contributed by atoms with E-state index in [-0.39, 0.29) is 70.2 Å². The third-order valence-electron chi connectivity index (χ3n) is 8.28. The molecule has 0 atom stereocenters. The number of rotatable bonds is 27. The van der Waals surface area contributed by atoms with Crippen molar-refractivity contribution in [1.82, 2.24) is 40.5 Å². The number of nitrogens with zero attached hydrogens (tertiary/aromatic N) is 5. The van der Waals surface area contributed by atoms with Gasteiger partial charge >= 0.3 is 23.9 Å². The molecule has 1 aromatic carbocycles. The second kappa shape index (κ2) is 22.9. The molecule has 0 saturated heterocycles. The molecule has 1 aliphatic rings. The van der Waals surface area contributed by atoms with Crippen LogP contribution in [-0.2, 0) is 35.3 Å². The number of carboxylic acid groups (broad SMARTS) is 4. The van der Waals surface area contributed by atoms with Crippen molar-refractivity contribution in [2.45, 2.75) is 13.0 Å². The quantitative estimate of drug-likeness (QED) is 0.0444. The van der Waals surface area contributed by atoms with Crippen molar-refractivity contribution in [3.63, 3.8) is 0 Å². The molecule has 0 unspecified atom stereocenters. The molecular formula is C35H47N9O12. The standard InChI is InChI=1S/C35H47N9O12/c45-28(6-8-40-34(55)24-4-5-25-18-44(35(56)26(25)17-24)12-11-37-27-3-1-2-7-36-27)38-9-10-39-29(46)19-42(21-31(49)50)15-13-41(20-30(47)48)14-16-43(22-32(51)52)23-33(53)54/h1-5,7,17H,6,8-16,18-23H2,(H,36,37)(H,38,45)(H,39,46)(H,40,55)(H,47,48)(H,49,50)(H,51,52)(H,53,54). The SMILES string of the molecule is O=C(O)CN(CCN(CC(=O)O)CC(=O)O)CCN(CC(=O)O)CC(=O)NCCNC(=O)CCNC(=O)c1ccc2c(c1)C(=O)N(CCNc1ccccn1)C2. The Morgan fingerprint density at radius 1 is 0.661 bits per heavy atom. The first-order chi connectivity index (χ1) is 26.7. The molecule has 8 N–H and O–H groups in total. The summed E-state index contributed by atoms with van der Waals surface area (Å²) in [6, 6.07) is 10.4. The molecule has 0 fully saturated rings. The summed E-state index contributed by atoms with van der Waals surface area (Å²) in [6.45, 7) is -1.37. The Morgan fingerprint density at radius 2 is 1.23 bits per heavy atom. The highest BCUT2D eigenvalue weighted by Gasteiger charge is 2.28. The Bertz CT molecular complexity index is 1700. The van der Waals surface area contributed by atoms with Gasteiger partial charge < -0.3 is 46.6 Å². The van der Waals surface area contributed by atoms with Crippen molar-refractivity contribution in [3.8, 4) is 0 Å². The number of carboxylic acids is 4. The Balaban J connectivity index is 1.36. The van der Waals surface area contributed by atoms with Crippen LogP contribution in [0.5, 0.6) is 0 Å². The van der Waals surface area contributed by atoms with Crippen LogP contribution in [-0.4, -0.2) is 184 Å². The van der Waals surface area contributed by atoms with Crippen molar-refractivity contribution in [2.75, 3.05) is 96.9 Å².